The predicted octanol–water partition coefficient (Wildman–Crippen LogP) is 2.88. The number of hydrogen-bond donors (Lipinski definition) is 0. The van der Waals surface area contributed by atoms with Gasteiger partial charge in [-0.05, 0) is 34.1 Å². The molecule has 1 aliphatic rings. The minimum atomic E-state index is 0.230. The number of hydrogen-bond acceptors (Lipinski definition) is 3. The summed E-state index contributed by atoms with van der Waals surface area (Å²) in [5.74, 6) is 0.803. The van der Waals surface area contributed by atoms with Crippen molar-refractivity contribution in [3.05, 3.63) is 28.2 Å². The van der Waals surface area contributed by atoms with Crippen LogP contribution in [0.3, 0.4) is 0 Å². The lowest BCUT2D eigenvalue weighted by Gasteiger charge is -2.23. The van der Waals surface area contributed by atoms with Crippen molar-refractivity contribution >= 4 is 15.9 Å². The molecule has 2 rings (SSSR count). The van der Waals surface area contributed by atoms with Crippen molar-refractivity contribution < 1.29 is 9.47 Å². The van der Waals surface area contributed by atoms with E-state index >= 15 is 0 Å². The molecular formula is C12H12BrNO2. The molecule has 0 saturated carbocycles. The van der Waals surface area contributed by atoms with Crippen LogP contribution in [0.5, 0.6) is 5.75 Å². The Kier molecular flexibility index (Phi) is 3.81. The van der Waals surface area contributed by atoms with E-state index in [-0.39, 0.29) is 6.10 Å². The van der Waals surface area contributed by atoms with E-state index < -0.39 is 0 Å². The third-order valence-corrected chi connectivity index (χ3v) is 3.19. The van der Waals surface area contributed by atoms with Crippen molar-refractivity contribution in [2.24, 2.45) is 0 Å². The molecule has 0 aromatic heterocycles. The van der Waals surface area contributed by atoms with Gasteiger partial charge in [0.25, 0.3) is 0 Å². The lowest BCUT2D eigenvalue weighted by atomic mass is 10.1. The number of halogens is 1. The van der Waals surface area contributed by atoms with Gasteiger partial charge in [-0.1, -0.05) is 0 Å². The molecule has 0 N–H and O–H groups in total. The Morgan fingerprint density at radius 3 is 2.75 bits per heavy atom. The number of nitriles is 1. The molecule has 1 fully saturated rings. The summed E-state index contributed by atoms with van der Waals surface area (Å²) in [4.78, 5) is 0. The molecule has 1 aliphatic heterocycles. The predicted molar refractivity (Wildman–Crippen MR) is 63.3 cm³/mol. The molecule has 0 atom stereocenters. The van der Waals surface area contributed by atoms with Gasteiger partial charge >= 0.3 is 0 Å². The average Bonchev–Trinajstić information content (AvgIpc) is 2.31. The first-order valence-corrected chi connectivity index (χ1v) is 6.03. The van der Waals surface area contributed by atoms with E-state index in [0.29, 0.717) is 5.56 Å². The standard InChI is InChI=1S/C12H12BrNO2/c13-12-7-11(2-1-9(12)8-14)16-10-3-5-15-6-4-10/h1-2,7,10H,3-6H2. The monoisotopic (exact) mass is 281 g/mol. The summed E-state index contributed by atoms with van der Waals surface area (Å²) in [5.41, 5.74) is 0.624. The van der Waals surface area contributed by atoms with Gasteiger partial charge in [0, 0.05) is 17.3 Å². The molecule has 4 heteroatoms. The SMILES string of the molecule is N#Cc1ccc(OC2CCOCC2)cc1Br. The molecule has 0 amide bonds. The Morgan fingerprint density at radius 1 is 1.38 bits per heavy atom. The van der Waals surface area contributed by atoms with Crippen LogP contribution in [0.1, 0.15) is 18.4 Å². The molecule has 1 aromatic carbocycles. The fourth-order valence-corrected chi connectivity index (χ4v) is 2.09. The minimum Gasteiger partial charge on any atom is -0.490 e. The van der Waals surface area contributed by atoms with Gasteiger partial charge in [0.15, 0.2) is 0 Å². The van der Waals surface area contributed by atoms with E-state index in [4.69, 9.17) is 14.7 Å². The van der Waals surface area contributed by atoms with Gasteiger partial charge in [-0.2, -0.15) is 5.26 Å². The van der Waals surface area contributed by atoms with Gasteiger partial charge in [0.2, 0.25) is 0 Å². The summed E-state index contributed by atoms with van der Waals surface area (Å²) in [6.07, 6.45) is 2.09. The van der Waals surface area contributed by atoms with Gasteiger partial charge in [0.1, 0.15) is 17.9 Å². The van der Waals surface area contributed by atoms with Crippen molar-refractivity contribution in [2.45, 2.75) is 18.9 Å². The Balaban J connectivity index is 2.04. The molecule has 84 valence electrons. The lowest BCUT2D eigenvalue weighted by molar-refractivity contribution is 0.0255. The highest BCUT2D eigenvalue weighted by Crippen LogP contribution is 2.24. The fraction of sp³-hybridized carbons (Fsp3) is 0.417. The summed E-state index contributed by atoms with van der Waals surface area (Å²) in [6, 6.07) is 7.54. The maximum absolute atomic E-state index is 8.79. The second-order valence-electron chi connectivity index (χ2n) is 3.68. The van der Waals surface area contributed by atoms with Gasteiger partial charge in [-0.25, -0.2) is 0 Å². The van der Waals surface area contributed by atoms with Crippen molar-refractivity contribution in [3.63, 3.8) is 0 Å². The van der Waals surface area contributed by atoms with Crippen molar-refractivity contribution in [3.8, 4) is 11.8 Å². The summed E-state index contributed by atoms with van der Waals surface area (Å²) in [5, 5.41) is 8.79. The molecule has 1 aromatic rings. The van der Waals surface area contributed by atoms with Crippen LogP contribution in [0.4, 0.5) is 0 Å². The van der Waals surface area contributed by atoms with Gasteiger partial charge in [-0.15, -0.1) is 0 Å². The van der Waals surface area contributed by atoms with Crippen LogP contribution < -0.4 is 4.74 Å². The fourth-order valence-electron chi connectivity index (χ4n) is 1.65. The summed E-state index contributed by atoms with van der Waals surface area (Å²) < 4.78 is 11.9. The summed E-state index contributed by atoms with van der Waals surface area (Å²) >= 11 is 3.34. The van der Waals surface area contributed by atoms with Gasteiger partial charge < -0.3 is 9.47 Å². The van der Waals surface area contributed by atoms with Crippen molar-refractivity contribution in [2.75, 3.05) is 13.2 Å². The first-order valence-electron chi connectivity index (χ1n) is 5.23. The third kappa shape index (κ3) is 2.75. The van der Waals surface area contributed by atoms with Crippen LogP contribution in [0, 0.1) is 11.3 Å². The van der Waals surface area contributed by atoms with Gasteiger partial charge in [-0.3, -0.25) is 0 Å². The summed E-state index contributed by atoms with van der Waals surface area (Å²) in [6.45, 7) is 1.53. The zero-order chi connectivity index (χ0) is 11.4. The van der Waals surface area contributed by atoms with Crippen molar-refractivity contribution in [1.29, 1.82) is 5.26 Å². The highest BCUT2D eigenvalue weighted by molar-refractivity contribution is 9.10. The normalized spacial score (nSPS) is 16.8. The largest absolute Gasteiger partial charge is 0.490 e. The first-order chi connectivity index (χ1) is 7.79. The molecular weight excluding hydrogens is 270 g/mol. The third-order valence-electron chi connectivity index (χ3n) is 2.53. The highest BCUT2D eigenvalue weighted by atomic mass is 79.9. The van der Waals surface area contributed by atoms with Crippen LogP contribution in [0.2, 0.25) is 0 Å². The second kappa shape index (κ2) is 5.33. The molecule has 0 radical (unpaired) electrons. The van der Waals surface area contributed by atoms with E-state index in [9.17, 15) is 0 Å². The minimum absolute atomic E-state index is 0.230. The number of ether oxygens (including phenoxy) is 2. The number of benzene rings is 1. The van der Waals surface area contributed by atoms with Crippen LogP contribution in [-0.2, 0) is 4.74 Å². The molecule has 1 saturated heterocycles. The molecule has 0 bridgehead atoms. The van der Waals surface area contributed by atoms with E-state index in [2.05, 4.69) is 22.0 Å². The van der Waals surface area contributed by atoms with E-state index in [1.54, 1.807) is 6.07 Å². The molecule has 16 heavy (non-hydrogen) atoms. The van der Waals surface area contributed by atoms with E-state index in [0.717, 1.165) is 36.3 Å². The topological polar surface area (TPSA) is 42.2 Å². The van der Waals surface area contributed by atoms with Crippen LogP contribution in [0.15, 0.2) is 22.7 Å². The Hall–Kier alpha value is -1.05. The first kappa shape index (κ1) is 11.4. The van der Waals surface area contributed by atoms with Crippen LogP contribution in [0.25, 0.3) is 0 Å². The van der Waals surface area contributed by atoms with Crippen molar-refractivity contribution in [1.82, 2.24) is 0 Å². The van der Waals surface area contributed by atoms with Crippen LogP contribution >= 0.6 is 15.9 Å². The molecule has 0 aliphatic carbocycles. The maximum atomic E-state index is 8.79. The number of rotatable bonds is 2. The Bertz CT molecular complexity index is 408. The lowest BCUT2D eigenvalue weighted by Crippen LogP contribution is -2.25. The maximum Gasteiger partial charge on any atom is 0.120 e. The second-order valence-corrected chi connectivity index (χ2v) is 4.54. The summed E-state index contributed by atoms with van der Waals surface area (Å²) in [7, 11) is 0. The van der Waals surface area contributed by atoms with Crippen LogP contribution in [-0.4, -0.2) is 19.3 Å². The molecule has 3 nitrogen and oxygen atoms in total. The quantitative estimate of drug-likeness (QED) is 0.837. The zero-order valence-corrected chi connectivity index (χ0v) is 10.4. The smallest absolute Gasteiger partial charge is 0.120 e. The van der Waals surface area contributed by atoms with E-state index in [1.807, 2.05) is 12.1 Å². The average molecular weight is 282 g/mol. The Labute approximate surface area is 103 Å². The molecule has 0 unspecified atom stereocenters. The molecule has 0 spiro atoms. The highest BCUT2D eigenvalue weighted by Gasteiger charge is 2.15. The number of nitrogens with zero attached hydrogens (tertiary/aromatic N) is 1. The molecule has 1 heterocycles. The zero-order valence-electron chi connectivity index (χ0n) is 8.78. The Morgan fingerprint density at radius 2 is 2.12 bits per heavy atom. The van der Waals surface area contributed by atoms with Gasteiger partial charge in [0.05, 0.1) is 18.8 Å². The van der Waals surface area contributed by atoms with E-state index in [1.165, 1.54) is 0 Å².